The number of rotatable bonds is 4. The van der Waals surface area contributed by atoms with Crippen molar-refractivity contribution in [2.75, 3.05) is 43.4 Å². The molecule has 1 amide bonds. The number of carbonyl (C=O) groups excluding carboxylic acids is 1. The number of fused-ring (bicyclic) bond motifs is 1. The van der Waals surface area contributed by atoms with Crippen molar-refractivity contribution in [3.63, 3.8) is 0 Å². The highest BCUT2D eigenvalue weighted by atomic mass is 16.1. The molecule has 0 atom stereocenters. The fraction of sp³-hybridized carbons (Fsp3) is 0.444. The standard InChI is InChI=1S/C18H24N4O/c1-3-4-17(23)20-18-16-6-5-15(13-14(16)7-8-19-18)22-11-9-21(2)10-12-22/h5-8,13H,3-4,9-12H2,1-2H3,(H,19,20,23). The molecule has 0 spiro atoms. The van der Waals surface area contributed by atoms with Crippen molar-refractivity contribution < 1.29 is 4.79 Å². The highest BCUT2D eigenvalue weighted by molar-refractivity contribution is 6.01. The van der Waals surface area contributed by atoms with Gasteiger partial charge in [0.2, 0.25) is 5.91 Å². The first-order valence-electron chi connectivity index (χ1n) is 8.29. The van der Waals surface area contributed by atoms with Gasteiger partial charge in [-0.15, -0.1) is 0 Å². The average molecular weight is 312 g/mol. The lowest BCUT2D eigenvalue weighted by atomic mass is 10.1. The van der Waals surface area contributed by atoms with Gasteiger partial charge in [-0.25, -0.2) is 4.98 Å². The highest BCUT2D eigenvalue weighted by Crippen LogP contribution is 2.27. The molecule has 0 aliphatic carbocycles. The molecule has 1 aliphatic rings. The van der Waals surface area contributed by atoms with Gasteiger partial charge in [-0.3, -0.25) is 4.79 Å². The van der Waals surface area contributed by atoms with E-state index >= 15 is 0 Å². The third kappa shape index (κ3) is 3.62. The minimum Gasteiger partial charge on any atom is -0.369 e. The number of pyridine rings is 1. The highest BCUT2D eigenvalue weighted by Gasteiger charge is 2.15. The first-order chi connectivity index (χ1) is 11.2. The van der Waals surface area contributed by atoms with Crippen LogP contribution in [0.15, 0.2) is 30.5 Å². The van der Waals surface area contributed by atoms with Gasteiger partial charge in [-0.05, 0) is 43.1 Å². The molecule has 5 nitrogen and oxygen atoms in total. The second-order valence-electron chi connectivity index (χ2n) is 6.15. The lowest BCUT2D eigenvalue weighted by Gasteiger charge is -2.34. The molecule has 1 N–H and O–H groups in total. The molecule has 2 heterocycles. The topological polar surface area (TPSA) is 48.5 Å². The van der Waals surface area contributed by atoms with Gasteiger partial charge in [0.1, 0.15) is 5.82 Å². The monoisotopic (exact) mass is 312 g/mol. The van der Waals surface area contributed by atoms with Crippen LogP contribution in [0.2, 0.25) is 0 Å². The minimum absolute atomic E-state index is 0.0237. The number of hydrogen-bond donors (Lipinski definition) is 1. The number of nitrogens with one attached hydrogen (secondary N) is 1. The molecule has 1 saturated heterocycles. The number of likely N-dealkylation sites (N-methyl/N-ethyl adjacent to an activating group) is 1. The van der Waals surface area contributed by atoms with Crippen LogP contribution >= 0.6 is 0 Å². The number of benzene rings is 1. The van der Waals surface area contributed by atoms with Crippen LogP contribution in [0.1, 0.15) is 19.8 Å². The van der Waals surface area contributed by atoms with Crippen LogP contribution in [0.3, 0.4) is 0 Å². The molecule has 1 aromatic carbocycles. The van der Waals surface area contributed by atoms with Gasteiger partial charge in [0.15, 0.2) is 0 Å². The molecule has 3 rings (SSSR count). The predicted octanol–water partition coefficient (Wildman–Crippen LogP) is 2.73. The van der Waals surface area contributed by atoms with E-state index in [1.165, 1.54) is 5.69 Å². The van der Waals surface area contributed by atoms with E-state index in [0.717, 1.165) is 43.4 Å². The number of carbonyl (C=O) groups is 1. The molecule has 0 saturated carbocycles. The van der Waals surface area contributed by atoms with E-state index in [1.54, 1.807) is 6.20 Å². The zero-order chi connectivity index (χ0) is 16.2. The molecular weight excluding hydrogens is 288 g/mol. The molecular formula is C18H24N4O. The Balaban J connectivity index is 1.85. The second kappa shape index (κ2) is 6.96. The Morgan fingerprint density at radius 3 is 2.74 bits per heavy atom. The van der Waals surface area contributed by atoms with Crippen molar-refractivity contribution in [1.82, 2.24) is 9.88 Å². The van der Waals surface area contributed by atoms with Gasteiger partial charge < -0.3 is 15.1 Å². The molecule has 0 bridgehead atoms. The van der Waals surface area contributed by atoms with Crippen molar-refractivity contribution in [2.45, 2.75) is 19.8 Å². The Labute approximate surface area is 137 Å². The Morgan fingerprint density at radius 1 is 1.22 bits per heavy atom. The van der Waals surface area contributed by atoms with Crippen LogP contribution in [0.4, 0.5) is 11.5 Å². The van der Waals surface area contributed by atoms with E-state index in [2.05, 4.69) is 45.3 Å². The predicted molar refractivity (Wildman–Crippen MR) is 95.0 cm³/mol. The van der Waals surface area contributed by atoms with Crippen molar-refractivity contribution in [2.24, 2.45) is 0 Å². The number of piperazine rings is 1. The molecule has 122 valence electrons. The van der Waals surface area contributed by atoms with Crippen molar-refractivity contribution in [3.05, 3.63) is 30.5 Å². The summed E-state index contributed by atoms with van der Waals surface area (Å²) in [6.45, 7) is 6.28. The van der Waals surface area contributed by atoms with E-state index in [4.69, 9.17) is 0 Å². The van der Waals surface area contributed by atoms with Crippen LogP contribution in [-0.4, -0.2) is 49.0 Å². The zero-order valence-electron chi connectivity index (χ0n) is 13.9. The van der Waals surface area contributed by atoms with Crippen LogP contribution < -0.4 is 10.2 Å². The largest absolute Gasteiger partial charge is 0.369 e. The number of hydrogen-bond acceptors (Lipinski definition) is 4. The summed E-state index contributed by atoms with van der Waals surface area (Å²) in [5, 5.41) is 5.03. The van der Waals surface area contributed by atoms with Gasteiger partial charge in [0.05, 0.1) is 0 Å². The van der Waals surface area contributed by atoms with E-state index in [9.17, 15) is 4.79 Å². The van der Waals surface area contributed by atoms with Gasteiger partial charge >= 0.3 is 0 Å². The first-order valence-corrected chi connectivity index (χ1v) is 8.29. The molecule has 0 radical (unpaired) electrons. The molecule has 23 heavy (non-hydrogen) atoms. The fourth-order valence-corrected chi connectivity index (χ4v) is 2.95. The summed E-state index contributed by atoms with van der Waals surface area (Å²) in [5.74, 6) is 0.682. The van der Waals surface area contributed by atoms with Gasteiger partial charge in [0.25, 0.3) is 0 Å². The van der Waals surface area contributed by atoms with E-state index < -0.39 is 0 Å². The lowest BCUT2D eigenvalue weighted by Crippen LogP contribution is -2.44. The maximum atomic E-state index is 11.8. The maximum absolute atomic E-state index is 11.8. The average Bonchev–Trinajstić information content (AvgIpc) is 2.55. The van der Waals surface area contributed by atoms with E-state index in [1.807, 2.05) is 13.0 Å². The van der Waals surface area contributed by atoms with Crippen molar-refractivity contribution >= 4 is 28.2 Å². The summed E-state index contributed by atoms with van der Waals surface area (Å²) in [4.78, 5) is 20.9. The maximum Gasteiger partial charge on any atom is 0.225 e. The van der Waals surface area contributed by atoms with Crippen LogP contribution in [0.25, 0.3) is 10.8 Å². The summed E-state index contributed by atoms with van der Waals surface area (Å²) in [6.07, 6.45) is 3.12. The molecule has 5 heteroatoms. The van der Waals surface area contributed by atoms with E-state index in [-0.39, 0.29) is 5.91 Å². The third-order valence-corrected chi connectivity index (χ3v) is 4.35. The summed E-state index contributed by atoms with van der Waals surface area (Å²) < 4.78 is 0. The van der Waals surface area contributed by atoms with Crippen molar-refractivity contribution in [1.29, 1.82) is 0 Å². The molecule has 0 unspecified atom stereocenters. The van der Waals surface area contributed by atoms with Gasteiger partial charge in [0, 0.05) is 49.9 Å². The van der Waals surface area contributed by atoms with Gasteiger partial charge in [-0.1, -0.05) is 6.92 Å². The first kappa shape index (κ1) is 15.7. The smallest absolute Gasteiger partial charge is 0.225 e. The summed E-state index contributed by atoms with van der Waals surface area (Å²) >= 11 is 0. The number of nitrogens with zero attached hydrogens (tertiary/aromatic N) is 3. The quantitative estimate of drug-likeness (QED) is 0.943. The molecule has 1 aliphatic heterocycles. The molecule has 2 aromatic rings. The van der Waals surface area contributed by atoms with Crippen LogP contribution in [-0.2, 0) is 4.79 Å². The summed E-state index contributed by atoms with van der Waals surface area (Å²) in [5.41, 5.74) is 1.24. The molecule has 1 fully saturated rings. The number of anilines is 2. The van der Waals surface area contributed by atoms with Gasteiger partial charge in [-0.2, -0.15) is 0 Å². The second-order valence-corrected chi connectivity index (χ2v) is 6.15. The van der Waals surface area contributed by atoms with E-state index in [0.29, 0.717) is 12.2 Å². The number of aromatic nitrogens is 1. The summed E-state index contributed by atoms with van der Waals surface area (Å²) in [6, 6.07) is 8.39. The SMILES string of the molecule is CCCC(=O)Nc1nccc2cc(N3CCN(C)CC3)ccc12. The van der Waals surface area contributed by atoms with Crippen molar-refractivity contribution in [3.8, 4) is 0 Å². The van der Waals surface area contributed by atoms with Crippen LogP contribution in [0.5, 0.6) is 0 Å². The molecule has 1 aromatic heterocycles. The Kier molecular flexibility index (Phi) is 4.76. The Morgan fingerprint density at radius 2 is 2.00 bits per heavy atom. The zero-order valence-corrected chi connectivity index (χ0v) is 13.9. The third-order valence-electron chi connectivity index (χ3n) is 4.35. The minimum atomic E-state index is 0.0237. The lowest BCUT2D eigenvalue weighted by molar-refractivity contribution is -0.116. The normalized spacial score (nSPS) is 15.8. The summed E-state index contributed by atoms with van der Waals surface area (Å²) in [7, 11) is 2.16. The number of amides is 1. The fourth-order valence-electron chi connectivity index (χ4n) is 2.95. The Bertz CT molecular complexity index is 692. The Hall–Kier alpha value is -2.14. The van der Waals surface area contributed by atoms with Crippen LogP contribution in [0, 0.1) is 0 Å².